The lowest BCUT2D eigenvalue weighted by atomic mass is 10.0. The van der Waals surface area contributed by atoms with Crippen molar-refractivity contribution in [2.45, 2.75) is 64.2 Å². The largest absolute Gasteiger partial charge is 0.493 e. The van der Waals surface area contributed by atoms with E-state index in [0.29, 0.717) is 84.7 Å². The molecule has 2 atom stereocenters. The molecule has 3 aromatic rings. The van der Waals surface area contributed by atoms with Crippen LogP contribution in [-0.2, 0) is 16.4 Å². The van der Waals surface area contributed by atoms with Gasteiger partial charge in [-0.1, -0.05) is 20.3 Å². The molecule has 10 nitrogen and oxygen atoms in total. The Morgan fingerprint density at radius 2 is 1.90 bits per heavy atom. The molecule has 5 rings (SSSR count). The molecule has 0 bridgehead atoms. The predicted molar refractivity (Wildman–Crippen MR) is 164 cm³/mol. The number of alkyl halides is 1. The first-order chi connectivity index (χ1) is 20.2. The summed E-state index contributed by atoms with van der Waals surface area (Å²) >= 11 is 5.86. The molecule has 1 aliphatic carbocycles. The lowest BCUT2D eigenvalue weighted by molar-refractivity contribution is 0.112. The summed E-state index contributed by atoms with van der Waals surface area (Å²) in [5.74, 6) is 1.72. The van der Waals surface area contributed by atoms with Crippen LogP contribution in [0.5, 0.6) is 5.75 Å². The minimum Gasteiger partial charge on any atom is -0.493 e. The maximum absolute atomic E-state index is 14.2. The zero-order chi connectivity index (χ0) is 30.2. The van der Waals surface area contributed by atoms with E-state index >= 15 is 0 Å². The number of carbonyl (C=O) groups is 1. The fourth-order valence-electron chi connectivity index (χ4n) is 6.10. The van der Waals surface area contributed by atoms with Crippen molar-refractivity contribution in [1.29, 1.82) is 0 Å². The zero-order valence-corrected chi connectivity index (χ0v) is 26.4. The highest BCUT2D eigenvalue weighted by atomic mass is 35.5. The number of aromatic nitrogens is 3. The smallest absolute Gasteiger partial charge is 0.275 e. The third kappa shape index (κ3) is 5.64. The van der Waals surface area contributed by atoms with Gasteiger partial charge in [0.15, 0.2) is 12.1 Å². The molecular weight excluding hydrogens is 578 g/mol. The van der Waals surface area contributed by atoms with Crippen molar-refractivity contribution in [3.63, 3.8) is 0 Å². The number of aldehydes is 1. The summed E-state index contributed by atoms with van der Waals surface area (Å²) in [6.07, 6.45) is 3.86. The Balaban J connectivity index is 1.66. The van der Waals surface area contributed by atoms with Crippen LogP contribution in [0.2, 0.25) is 0 Å². The second-order valence-corrected chi connectivity index (χ2v) is 13.6. The van der Waals surface area contributed by atoms with Crippen LogP contribution in [0.15, 0.2) is 21.8 Å². The Hall–Kier alpha value is -2.73. The van der Waals surface area contributed by atoms with Crippen molar-refractivity contribution in [2.24, 2.45) is 5.92 Å². The summed E-state index contributed by atoms with van der Waals surface area (Å²) in [6, 6.07) is 3.45. The Bertz CT molecular complexity index is 1640. The van der Waals surface area contributed by atoms with Gasteiger partial charge >= 0.3 is 0 Å². The fraction of sp³-hybridized carbons (Fsp3) is 0.567. The molecule has 1 aromatic carbocycles. The maximum atomic E-state index is 14.2. The second-order valence-electron chi connectivity index (χ2n) is 11.3. The standard InChI is InChI=1S/C30H40ClN5O5S/c1-5-8-25-24(18-37)20(4)28-30(38)32-29(33-36(25)28)23-17-27(22(21-15-19(21)3)16-26(23)41-6-2)42(39,40)35-13-11-34(12-14-35)10-7-9-31/h16-19,21H,5-15H2,1-4H3,(H,32,33,38)/t19?,21-/m0/s1. The number of sulfonamides is 1. The lowest BCUT2D eigenvalue weighted by Crippen LogP contribution is -2.48. The van der Waals surface area contributed by atoms with Gasteiger partial charge in [0, 0.05) is 37.6 Å². The van der Waals surface area contributed by atoms with Crippen molar-refractivity contribution in [3.8, 4) is 17.1 Å². The van der Waals surface area contributed by atoms with Gasteiger partial charge in [0.1, 0.15) is 11.3 Å². The van der Waals surface area contributed by atoms with Crippen molar-refractivity contribution < 1.29 is 17.9 Å². The molecule has 2 fully saturated rings. The molecule has 0 amide bonds. The predicted octanol–water partition coefficient (Wildman–Crippen LogP) is 4.22. The first kappa shape index (κ1) is 30.7. The molecule has 228 valence electrons. The van der Waals surface area contributed by atoms with Crippen LogP contribution >= 0.6 is 11.6 Å². The van der Waals surface area contributed by atoms with Gasteiger partial charge in [-0.2, -0.15) is 4.31 Å². The second kappa shape index (κ2) is 12.5. The van der Waals surface area contributed by atoms with Crippen molar-refractivity contribution >= 4 is 33.4 Å². The number of H-pyrrole nitrogens is 1. The maximum Gasteiger partial charge on any atom is 0.275 e. The molecule has 0 spiro atoms. The van der Waals surface area contributed by atoms with E-state index in [-0.39, 0.29) is 16.6 Å². The highest BCUT2D eigenvalue weighted by Crippen LogP contribution is 2.51. The summed E-state index contributed by atoms with van der Waals surface area (Å²) in [4.78, 5) is 30.7. The number of piperazine rings is 1. The summed E-state index contributed by atoms with van der Waals surface area (Å²) in [7, 11) is -3.85. The normalized spacial score (nSPS) is 19.8. The average Bonchev–Trinajstić information content (AvgIpc) is 3.64. The van der Waals surface area contributed by atoms with Gasteiger partial charge in [0.05, 0.1) is 22.8 Å². The van der Waals surface area contributed by atoms with Crippen LogP contribution in [0.1, 0.15) is 73.1 Å². The molecule has 1 aliphatic heterocycles. The summed E-state index contributed by atoms with van der Waals surface area (Å²) in [5, 5.41) is 4.77. The zero-order valence-electron chi connectivity index (χ0n) is 24.8. The minimum atomic E-state index is -3.85. The highest BCUT2D eigenvalue weighted by molar-refractivity contribution is 7.89. The SMILES string of the molecule is CCCc1c(C=O)c(C)c2c(=O)[nH]c(-c3cc(S(=O)(=O)N4CCN(CCCCl)CC4)c([C@H]4CC4C)cc3OCC)nn12. The van der Waals surface area contributed by atoms with Crippen molar-refractivity contribution in [1.82, 2.24) is 23.8 Å². The van der Waals surface area contributed by atoms with Crippen LogP contribution in [0.4, 0.5) is 0 Å². The Labute approximate surface area is 252 Å². The molecule has 12 heteroatoms. The number of rotatable bonds is 12. The minimum absolute atomic E-state index is 0.112. The Morgan fingerprint density at radius 3 is 2.50 bits per heavy atom. The van der Waals surface area contributed by atoms with Gasteiger partial charge in [0.25, 0.3) is 5.56 Å². The van der Waals surface area contributed by atoms with Crippen LogP contribution < -0.4 is 10.3 Å². The topological polar surface area (TPSA) is 117 Å². The number of aryl methyl sites for hydroxylation is 2. The van der Waals surface area contributed by atoms with Gasteiger partial charge in [-0.3, -0.25) is 9.59 Å². The number of nitrogens with zero attached hydrogens (tertiary/aromatic N) is 4. The van der Waals surface area contributed by atoms with Crippen LogP contribution in [0, 0.1) is 12.8 Å². The van der Waals surface area contributed by atoms with E-state index in [1.165, 1.54) is 4.52 Å². The fourth-order valence-corrected chi connectivity index (χ4v) is 7.91. The third-order valence-electron chi connectivity index (χ3n) is 8.52. The molecule has 1 saturated carbocycles. The van der Waals surface area contributed by atoms with Crippen molar-refractivity contribution in [3.05, 3.63) is 44.9 Å². The first-order valence-electron chi connectivity index (χ1n) is 14.8. The average molecular weight is 618 g/mol. The molecule has 1 saturated heterocycles. The van der Waals surface area contributed by atoms with Gasteiger partial charge in [-0.15, -0.1) is 16.7 Å². The summed E-state index contributed by atoms with van der Waals surface area (Å²) in [6.45, 7) is 11.0. The third-order valence-corrected chi connectivity index (χ3v) is 10.7. The summed E-state index contributed by atoms with van der Waals surface area (Å²) < 4.78 is 37.6. The number of halogens is 1. The highest BCUT2D eigenvalue weighted by Gasteiger charge is 2.41. The van der Waals surface area contributed by atoms with Gasteiger partial charge < -0.3 is 14.6 Å². The molecule has 0 radical (unpaired) electrons. The lowest BCUT2D eigenvalue weighted by Gasteiger charge is -2.34. The number of carbonyl (C=O) groups excluding carboxylic acids is 1. The number of hydrogen-bond donors (Lipinski definition) is 1. The Kier molecular flexibility index (Phi) is 9.13. The number of nitrogens with one attached hydrogen (secondary N) is 1. The van der Waals surface area contributed by atoms with E-state index in [1.54, 1.807) is 17.3 Å². The van der Waals surface area contributed by atoms with E-state index < -0.39 is 15.6 Å². The summed E-state index contributed by atoms with van der Waals surface area (Å²) in [5.41, 5.74) is 2.75. The van der Waals surface area contributed by atoms with Crippen LogP contribution in [0.3, 0.4) is 0 Å². The number of benzene rings is 1. The van der Waals surface area contributed by atoms with Crippen LogP contribution in [-0.4, -0.2) is 83.7 Å². The van der Waals surface area contributed by atoms with E-state index in [1.807, 2.05) is 19.9 Å². The number of aromatic amines is 1. The molecule has 1 unspecified atom stereocenters. The number of fused-ring (bicyclic) bond motifs is 1. The van der Waals surface area contributed by atoms with Gasteiger partial charge in [0.2, 0.25) is 10.0 Å². The quantitative estimate of drug-likeness (QED) is 0.239. The monoisotopic (exact) mass is 617 g/mol. The van der Waals surface area contributed by atoms with Crippen LogP contribution in [0.25, 0.3) is 16.9 Å². The molecule has 42 heavy (non-hydrogen) atoms. The molecule has 2 aromatic heterocycles. The molecule has 2 aliphatic rings. The molecular formula is C30H40ClN5O5S. The Morgan fingerprint density at radius 1 is 1.19 bits per heavy atom. The van der Waals surface area contributed by atoms with E-state index in [0.717, 1.165) is 37.7 Å². The van der Waals surface area contributed by atoms with Gasteiger partial charge in [-0.25, -0.2) is 12.9 Å². The molecule has 3 heterocycles. The number of ether oxygens (including phenoxy) is 1. The van der Waals surface area contributed by atoms with E-state index in [4.69, 9.17) is 21.4 Å². The first-order valence-corrected chi connectivity index (χ1v) is 16.8. The van der Waals surface area contributed by atoms with Crippen molar-refractivity contribution in [2.75, 3.05) is 45.2 Å². The van der Waals surface area contributed by atoms with E-state index in [2.05, 4.69) is 16.8 Å². The van der Waals surface area contributed by atoms with E-state index in [9.17, 15) is 18.0 Å². The number of hydrogen-bond acceptors (Lipinski definition) is 7. The van der Waals surface area contributed by atoms with Gasteiger partial charge in [-0.05, 0) is 74.8 Å². The molecule has 1 N–H and O–H groups in total.